The fourth-order valence-corrected chi connectivity index (χ4v) is 3.20. The fraction of sp³-hybridized carbons (Fsp3) is 0.286. The Morgan fingerprint density at radius 2 is 1.72 bits per heavy atom. The maximum atomic E-state index is 14.2. The number of pyridine rings is 1. The van der Waals surface area contributed by atoms with Crippen LogP contribution in [-0.4, -0.2) is 35.4 Å². The van der Waals surface area contributed by atoms with Crippen LogP contribution in [0.5, 0.6) is 0 Å². The van der Waals surface area contributed by atoms with E-state index in [2.05, 4.69) is 15.3 Å². The number of nitrogens with one attached hydrogen (secondary N) is 3. The van der Waals surface area contributed by atoms with Crippen LogP contribution < -0.4 is 16.0 Å². The van der Waals surface area contributed by atoms with Crippen LogP contribution in [0.4, 0.5) is 32.0 Å². The Morgan fingerprint density at radius 3 is 2.22 bits per heavy atom. The van der Waals surface area contributed by atoms with Crippen LogP contribution in [-0.2, 0) is 0 Å². The predicted octanol–water partition coefficient (Wildman–Crippen LogP) is 4.74. The lowest BCUT2D eigenvalue weighted by molar-refractivity contribution is -0.350. The van der Waals surface area contributed by atoms with Crippen LogP contribution >= 0.6 is 11.6 Å². The van der Waals surface area contributed by atoms with Gasteiger partial charge in [0.25, 0.3) is 5.91 Å². The lowest BCUT2D eigenvalue weighted by Gasteiger charge is -2.41. The van der Waals surface area contributed by atoms with E-state index < -0.39 is 48.6 Å². The molecule has 0 aliphatic heterocycles. The Bertz CT molecular complexity index is 1140. The largest absolute Gasteiger partial charge is 0.407 e. The van der Waals surface area contributed by atoms with Gasteiger partial charge in [0.1, 0.15) is 6.17 Å². The van der Waals surface area contributed by atoms with Gasteiger partial charge in [-0.2, -0.15) is 36.9 Å². The van der Waals surface area contributed by atoms with Crippen molar-refractivity contribution in [1.82, 2.24) is 15.6 Å². The molecule has 36 heavy (non-hydrogen) atoms. The standard InChI is InChI=1S/C21H16ClF6N7O/c22-14-6-4-13(5-7-14)16(36)34-17(19(8-2-9-29,20(23,24)25)21(26,27)28)35-18(32-12-30)33-15-3-1-10-31-11-15/h1,3-7,10-11,17H,2,8H2,(H,34,36)(H2,32,33,35). The van der Waals surface area contributed by atoms with Gasteiger partial charge in [0, 0.05) is 23.2 Å². The van der Waals surface area contributed by atoms with Crippen molar-refractivity contribution in [2.45, 2.75) is 31.4 Å². The van der Waals surface area contributed by atoms with Gasteiger partial charge in [0.2, 0.25) is 11.4 Å². The number of benzene rings is 1. The first-order valence-corrected chi connectivity index (χ1v) is 10.2. The molecule has 2 rings (SSSR count). The first-order valence-electron chi connectivity index (χ1n) is 9.82. The summed E-state index contributed by atoms with van der Waals surface area (Å²) in [4.78, 5) is 19.9. The minimum absolute atomic E-state index is 0.0587. The number of anilines is 1. The number of carbonyl (C=O) groups is 1. The highest BCUT2D eigenvalue weighted by molar-refractivity contribution is 6.30. The first-order chi connectivity index (χ1) is 16.9. The smallest absolute Gasteiger partial charge is 0.329 e. The number of hydrogen-bond acceptors (Lipinski definition) is 5. The molecule has 0 aliphatic carbocycles. The molecular formula is C21H16ClF6N7O. The summed E-state index contributed by atoms with van der Waals surface area (Å²) in [6, 6.07) is 8.58. The molecule has 1 atom stereocenters. The molecule has 190 valence electrons. The molecule has 1 aromatic heterocycles. The SMILES string of the molecule is N#CCCC(C(N=C(NC#N)Nc1cccnc1)NC(=O)c1ccc(Cl)cc1)(C(F)(F)F)C(F)(F)F. The van der Waals surface area contributed by atoms with Gasteiger partial charge >= 0.3 is 12.4 Å². The van der Waals surface area contributed by atoms with Crippen molar-refractivity contribution < 1.29 is 31.1 Å². The van der Waals surface area contributed by atoms with Gasteiger partial charge in [-0.3, -0.25) is 15.1 Å². The quantitative estimate of drug-likeness (QED) is 0.156. The number of aliphatic imine (C=N–C) groups is 1. The zero-order valence-electron chi connectivity index (χ0n) is 18.0. The molecule has 0 saturated carbocycles. The number of amides is 1. The summed E-state index contributed by atoms with van der Waals surface area (Å²) in [5.41, 5.74) is -4.95. The molecule has 0 saturated heterocycles. The zero-order chi connectivity index (χ0) is 27.0. The van der Waals surface area contributed by atoms with Crippen LogP contribution in [0.1, 0.15) is 23.2 Å². The Morgan fingerprint density at radius 1 is 1.08 bits per heavy atom. The molecule has 2 aromatic rings. The number of hydrogen-bond donors (Lipinski definition) is 3. The number of halogens is 7. The maximum Gasteiger partial charge on any atom is 0.407 e. The van der Waals surface area contributed by atoms with Crippen molar-refractivity contribution in [3.63, 3.8) is 0 Å². The van der Waals surface area contributed by atoms with E-state index in [-0.39, 0.29) is 16.3 Å². The molecule has 15 heteroatoms. The van der Waals surface area contributed by atoms with Crippen LogP contribution in [0.2, 0.25) is 5.02 Å². The number of rotatable bonds is 7. The van der Waals surface area contributed by atoms with Crippen LogP contribution in [0.3, 0.4) is 0 Å². The molecule has 8 nitrogen and oxygen atoms in total. The van der Waals surface area contributed by atoms with E-state index in [9.17, 15) is 31.1 Å². The van der Waals surface area contributed by atoms with Crippen molar-refractivity contribution in [2.24, 2.45) is 10.4 Å². The van der Waals surface area contributed by atoms with Gasteiger partial charge in [-0.15, -0.1) is 0 Å². The Hall–Kier alpha value is -4.04. The molecule has 0 bridgehead atoms. The van der Waals surface area contributed by atoms with Crippen LogP contribution in [0.15, 0.2) is 53.8 Å². The molecular weight excluding hydrogens is 516 g/mol. The summed E-state index contributed by atoms with van der Waals surface area (Å²) in [7, 11) is 0. The molecule has 0 fully saturated rings. The van der Waals surface area contributed by atoms with E-state index in [0.29, 0.717) is 0 Å². The highest BCUT2D eigenvalue weighted by Crippen LogP contribution is 2.55. The summed E-state index contributed by atoms with van der Waals surface area (Å²) < 4.78 is 85.4. The van der Waals surface area contributed by atoms with E-state index in [0.717, 1.165) is 18.3 Å². The average Bonchev–Trinajstić information content (AvgIpc) is 2.79. The second-order valence-corrected chi connectivity index (χ2v) is 7.53. The normalized spacial score (nSPS) is 13.2. The minimum Gasteiger partial charge on any atom is -0.329 e. The number of carbonyl (C=O) groups excluding carboxylic acids is 1. The van der Waals surface area contributed by atoms with Crippen molar-refractivity contribution in [3.05, 3.63) is 59.4 Å². The van der Waals surface area contributed by atoms with Gasteiger partial charge in [-0.25, -0.2) is 4.99 Å². The lowest BCUT2D eigenvalue weighted by atomic mass is 9.78. The third kappa shape index (κ3) is 6.55. The predicted molar refractivity (Wildman–Crippen MR) is 116 cm³/mol. The molecule has 3 N–H and O–H groups in total. The van der Waals surface area contributed by atoms with Crippen molar-refractivity contribution in [2.75, 3.05) is 5.32 Å². The Labute approximate surface area is 205 Å². The van der Waals surface area contributed by atoms with Crippen molar-refractivity contribution in [1.29, 1.82) is 10.5 Å². The van der Waals surface area contributed by atoms with Gasteiger partial charge in [0.05, 0.1) is 18.0 Å². The number of alkyl halides is 6. The number of nitriles is 2. The Kier molecular flexibility index (Phi) is 9.08. The lowest BCUT2D eigenvalue weighted by Crippen LogP contribution is -2.62. The molecule has 0 aliphatic rings. The second kappa shape index (κ2) is 11.6. The van der Waals surface area contributed by atoms with Crippen LogP contribution in [0.25, 0.3) is 0 Å². The average molecular weight is 532 g/mol. The highest BCUT2D eigenvalue weighted by Gasteiger charge is 2.74. The monoisotopic (exact) mass is 531 g/mol. The minimum atomic E-state index is -6.03. The van der Waals surface area contributed by atoms with Gasteiger partial charge in [-0.1, -0.05) is 11.6 Å². The topological polar surface area (TPSA) is 126 Å². The first kappa shape index (κ1) is 28.2. The molecule has 0 spiro atoms. The fourth-order valence-electron chi connectivity index (χ4n) is 3.07. The number of guanidine groups is 1. The van der Waals surface area contributed by atoms with E-state index in [1.165, 1.54) is 42.7 Å². The van der Waals surface area contributed by atoms with E-state index in [1.807, 2.05) is 5.32 Å². The van der Waals surface area contributed by atoms with Gasteiger partial charge in [-0.05, 0) is 42.8 Å². The number of aromatic nitrogens is 1. The van der Waals surface area contributed by atoms with Gasteiger partial charge < -0.3 is 10.6 Å². The summed E-state index contributed by atoms with van der Waals surface area (Å²) in [5.74, 6) is -2.19. The van der Waals surface area contributed by atoms with E-state index in [1.54, 1.807) is 5.32 Å². The van der Waals surface area contributed by atoms with Crippen molar-refractivity contribution in [3.8, 4) is 12.3 Å². The number of nitrogens with zero attached hydrogens (tertiary/aromatic N) is 4. The molecule has 0 radical (unpaired) electrons. The highest BCUT2D eigenvalue weighted by atomic mass is 35.5. The van der Waals surface area contributed by atoms with Crippen molar-refractivity contribution >= 4 is 29.2 Å². The summed E-state index contributed by atoms with van der Waals surface area (Å²) in [6.07, 6.45) is -14.2. The Balaban J connectivity index is 2.72. The molecule has 1 heterocycles. The van der Waals surface area contributed by atoms with E-state index >= 15 is 0 Å². The zero-order valence-corrected chi connectivity index (χ0v) is 18.7. The van der Waals surface area contributed by atoms with Crippen LogP contribution in [0, 0.1) is 28.2 Å². The maximum absolute atomic E-state index is 14.2. The molecule has 1 unspecified atom stereocenters. The third-order valence-electron chi connectivity index (χ3n) is 4.84. The molecule has 1 aromatic carbocycles. The van der Waals surface area contributed by atoms with Gasteiger partial charge in [0.15, 0.2) is 6.19 Å². The molecule has 1 amide bonds. The summed E-state index contributed by atoms with van der Waals surface area (Å²) in [5, 5.41) is 23.8. The third-order valence-corrected chi connectivity index (χ3v) is 5.09. The summed E-state index contributed by atoms with van der Waals surface area (Å²) >= 11 is 5.72. The van der Waals surface area contributed by atoms with E-state index in [4.69, 9.17) is 22.1 Å². The summed E-state index contributed by atoms with van der Waals surface area (Å²) in [6.45, 7) is 0. The second-order valence-electron chi connectivity index (χ2n) is 7.09.